The zero-order valence-corrected chi connectivity index (χ0v) is 29.5. The van der Waals surface area contributed by atoms with E-state index in [1.807, 2.05) is 24.3 Å². The van der Waals surface area contributed by atoms with Gasteiger partial charge < -0.3 is 0 Å². The molecular weight excluding hydrogens is 617 g/mol. The van der Waals surface area contributed by atoms with Crippen molar-refractivity contribution in [2.75, 3.05) is 0 Å². The Morgan fingerprint density at radius 3 is 2.17 bits per heavy atom. The minimum atomic E-state index is -2.33. The molecule has 8 aromatic rings. The van der Waals surface area contributed by atoms with Gasteiger partial charge in [0, 0.05) is 0 Å². The molecule has 0 fully saturated rings. The van der Waals surface area contributed by atoms with E-state index >= 15 is 0 Å². The molecule has 0 aliphatic carbocycles. The Morgan fingerprint density at radius 2 is 1.41 bits per heavy atom. The van der Waals surface area contributed by atoms with E-state index in [0.717, 1.165) is 44.4 Å². The van der Waals surface area contributed by atoms with Crippen LogP contribution in [0, 0.1) is 6.85 Å². The molecule has 0 atom stereocenters. The number of aryl methyl sites for hydroxylation is 1. The summed E-state index contributed by atoms with van der Waals surface area (Å²) < 4.78 is 29.6. The molecule has 0 unspecified atom stereocenters. The summed E-state index contributed by atoms with van der Waals surface area (Å²) in [5, 5.41) is 5.04. The zero-order chi connectivity index (χ0) is 34.5. The molecule has 0 amide bonds. The van der Waals surface area contributed by atoms with Crippen molar-refractivity contribution in [2.24, 2.45) is 0 Å². The first kappa shape index (κ1) is 25.7. The fourth-order valence-electron chi connectivity index (χ4n) is 7.43. The van der Waals surface area contributed by atoms with Gasteiger partial charge in [-0.3, -0.25) is 0 Å². The zero-order valence-electron chi connectivity index (χ0n) is 30.4. The number of hydrogen-bond acceptors (Lipinski definition) is 1. The van der Waals surface area contributed by atoms with E-state index < -0.39 is 20.1 Å². The molecule has 0 spiro atoms. The number of rotatable bonds is 4. The van der Waals surface area contributed by atoms with Crippen LogP contribution < -0.4 is 4.40 Å². The maximum atomic E-state index is 8.55. The molecule has 5 aromatic carbocycles. The minimum absolute atomic E-state index is 0.237. The summed E-state index contributed by atoms with van der Waals surface area (Å²) in [6.45, 7) is 4.25. The standard InChI is InChI=1S/C43H40GeN2/c1-27-26-45-37(25-34(27)30-21-20-29(24-35(30)43(2,3)4)28-14-9-8-10-15-28)31-17-13-19-39-40(31)33-22-23-36(44(5,6)7)41-32-16-11-12-18-38(32)46(39)42(33)41/h8-26H,1-7H3/i1D3. The Balaban J connectivity index is 1.42. The van der Waals surface area contributed by atoms with Crippen molar-refractivity contribution >= 4 is 55.8 Å². The molecule has 0 saturated carbocycles. The number of nitrogens with zero attached hydrogens (tertiary/aromatic N) is 2. The third-order valence-corrected chi connectivity index (χ3v) is 13.8. The number of pyridine rings is 1. The Hall–Kier alpha value is -4.41. The topological polar surface area (TPSA) is 17.3 Å². The van der Waals surface area contributed by atoms with Gasteiger partial charge >= 0.3 is 217 Å². The fourth-order valence-corrected chi connectivity index (χ4v) is 10.8. The normalized spacial score (nSPS) is 13.9. The van der Waals surface area contributed by atoms with Gasteiger partial charge in [-0.2, -0.15) is 0 Å². The quantitative estimate of drug-likeness (QED) is 0.172. The summed E-state index contributed by atoms with van der Waals surface area (Å²) in [6.07, 6.45) is 1.59. The van der Waals surface area contributed by atoms with Crippen LogP contribution in [0.5, 0.6) is 0 Å². The molecule has 0 bridgehead atoms. The summed E-state index contributed by atoms with van der Waals surface area (Å²) in [5.74, 6) is 7.40. The minimum Gasteiger partial charge on any atom is -0.0561 e. The summed E-state index contributed by atoms with van der Waals surface area (Å²) in [6, 6.07) is 38.7. The van der Waals surface area contributed by atoms with Crippen molar-refractivity contribution in [3.05, 3.63) is 127 Å². The number of aromatic nitrogens is 2. The van der Waals surface area contributed by atoms with Crippen molar-refractivity contribution in [2.45, 2.75) is 50.3 Å². The van der Waals surface area contributed by atoms with Crippen LogP contribution in [0.3, 0.4) is 0 Å². The molecule has 0 radical (unpaired) electrons. The summed E-state index contributed by atoms with van der Waals surface area (Å²) in [5.41, 5.74) is 10.4. The SMILES string of the molecule is [2H]C([2H])([2H])c1cnc(-c2cccc3c2c2cc[c]([Ge]([CH3])([CH3])[CH3])c4c5ccccc5n3c24)cc1-c1ccc(-c2ccccc2)cc1C(C)(C)C. The third kappa shape index (κ3) is 4.41. The second-order valence-corrected chi connectivity index (χ2v) is 25.2. The van der Waals surface area contributed by atoms with Crippen LogP contribution in [0.2, 0.25) is 17.3 Å². The van der Waals surface area contributed by atoms with E-state index in [1.165, 1.54) is 31.6 Å². The fraction of sp³-hybridized carbons (Fsp3) is 0.186. The van der Waals surface area contributed by atoms with Crippen LogP contribution in [-0.4, -0.2) is 22.7 Å². The van der Waals surface area contributed by atoms with Gasteiger partial charge in [-0.1, -0.05) is 51.1 Å². The Bertz CT molecular complexity index is 2550. The van der Waals surface area contributed by atoms with Crippen LogP contribution in [-0.2, 0) is 5.41 Å². The number of benzene rings is 5. The van der Waals surface area contributed by atoms with E-state index in [2.05, 4.69) is 127 Å². The molecule has 3 aromatic heterocycles. The van der Waals surface area contributed by atoms with Crippen molar-refractivity contribution < 1.29 is 4.11 Å². The molecule has 46 heavy (non-hydrogen) atoms. The molecule has 8 rings (SSSR count). The van der Waals surface area contributed by atoms with Crippen molar-refractivity contribution in [3.8, 4) is 33.5 Å². The Kier molecular flexibility index (Phi) is 5.77. The average Bonchev–Trinajstić information content (AvgIpc) is 3.59. The van der Waals surface area contributed by atoms with Gasteiger partial charge in [0.25, 0.3) is 0 Å². The monoisotopic (exact) mass is 661 g/mol. The van der Waals surface area contributed by atoms with Crippen LogP contribution >= 0.6 is 0 Å². The van der Waals surface area contributed by atoms with Crippen LogP contribution in [0.1, 0.15) is 36.0 Å². The summed E-state index contributed by atoms with van der Waals surface area (Å²) in [7, 11) is 0. The number of hydrogen-bond donors (Lipinski definition) is 0. The van der Waals surface area contributed by atoms with E-state index in [1.54, 1.807) is 6.20 Å². The van der Waals surface area contributed by atoms with Gasteiger partial charge in [0.1, 0.15) is 0 Å². The molecule has 2 nitrogen and oxygen atoms in total. The van der Waals surface area contributed by atoms with Gasteiger partial charge in [0.15, 0.2) is 0 Å². The smallest absolute Gasteiger partial charge is 0.0561 e. The molecule has 0 N–H and O–H groups in total. The molecule has 3 heterocycles. The van der Waals surface area contributed by atoms with Gasteiger partial charge in [0.2, 0.25) is 0 Å². The second kappa shape index (κ2) is 10.3. The van der Waals surface area contributed by atoms with Crippen LogP contribution in [0.15, 0.2) is 115 Å². The van der Waals surface area contributed by atoms with E-state index in [0.29, 0.717) is 5.56 Å². The van der Waals surface area contributed by atoms with Crippen LogP contribution in [0.25, 0.3) is 71.6 Å². The first-order valence-corrected chi connectivity index (χ1v) is 23.5. The van der Waals surface area contributed by atoms with Crippen LogP contribution in [0.4, 0.5) is 0 Å². The average molecular weight is 660 g/mol. The van der Waals surface area contributed by atoms with Crippen molar-refractivity contribution in [3.63, 3.8) is 0 Å². The van der Waals surface area contributed by atoms with Crippen molar-refractivity contribution in [1.29, 1.82) is 0 Å². The molecule has 0 aliphatic rings. The molecule has 226 valence electrons. The van der Waals surface area contributed by atoms with E-state index in [4.69, 9.17) is 9.10 Å². The van der Waals surface area contributed by atoms with Crippen molar-refractivity contribution in [1.82, 2.24) is 9.38 Å². The first-order chi connectivity index (χ1) is 23.2. The van der Waals surface area contributed by atoms with Gasteiger partial charge in [-0.15, -0.1) is 0 Å². The van der Waals surface area contributed by atoms with E-state index in [9.17, 15) is 0 Å². The number of para-hydroxylation sites is 1. The maximum absolute atomic E-state index is 8.55. The Morgan fingerprint density at radius 1 is 0.652 bits per heavy atom. The summed E-state index contributed by atoms with van der Waals surface area (Å²) in [4.78, 5) is 4.91. The first-order valence-electron chi connectivity index (χ1n) is 17.6. The number of fused-ring (bicyclic) bond motifs is 6. The molecule has 0 saturated heterocycles. The third-order valence-electron chi connectivity index (χ3n) is 9.58. The molecule has 0 aliphatic heterocycles. The van der Waals surface area contributed by atoms with Gasteiger partial charge in [0.05, 0.1) is 0 Å². The van der Waals surface area contributed by atoms with Gasteiger partial charge in [-0.05, 0) is 11.1 Å². The van der Waals surface area contributed by atoms with Gasteiger partial charge in [-0.25, -0.2) is 0 Å². The molecule has 3 heteroatoms. The molecular formula is C43H40GeN2. The summed E-state index contributed by atoms with van der Waals surface area (Å²) >= 11 is -2.25. The van der Waals surface area contributed by atoms with E-state index in [-0.39, 0.29) is 11.0 Å². The second-order valence-electron chi connectivity index (χ2n) is 14.7. The Labute approximate surface area is 278 Å². The predicted octanol–water partition coefficient (Wildman–Crippen LogP) is 11.4. The predicted molar refractivity (Wildman–Crippen MR) is 202 cm³/mol.